The molecule has 2 aromatic carbocycles. The van der Waals surface area contributed by atoms with Crippen LogP contribution >= 0.6 is 11.8 Å². The standard InChI is InChI=1S/C16H11NO3S/c18-16(19)21-15-17-13(11-7-3-1-4-8-11)14(20-15)12-9-5-2-6-10-12/h1-10H,(H,18,19). The highest BCUT2D eigenvalue weighted by Gasteiger charge is 2.18. The molecule has 21 heavy (non-hydrogen) atoms. The maximum atomic E-state index is 10.8. The van der Waals surface area contributed by atoms with Gasteiger partial charge in [0.1, 0.15) is 5.69 Å². The van der Waals surface area contributed by atoms with Gasteiger partial charge in [0.05, 0.1) is 11.8 Å². The number of carbonyl (C=O) groups is 1. The number of carboxylic acid groups (broad SMARTS) is 1. The summed E-state index contributed by atoms with van der Waals surface area (Å²) in [4.78, 5) is 15.1. The van der Waals surface area contributed by atoms with Crippen LogP contribution in [0.4, 0.5) is 4.79 Å². The summed E-state index contributed by atoms with van der Waals surface area (Å²) in [6.07, 6.45) is 0. The minimum absolute atomic E-state index is 0.125. The van der Waals surface area contributed by atoms with Gasteiger partial charge in [-0.25, -0.2) is 9.78 Å². The van der Waals surface area contributed by atoms with Gasteiger partial charge in [-0.3, -0.25) is 0 Å². The van der Waals surface area contributed by atoms with E-state index < -0.39 is 5.30 Å². The lowest BCUT2D eigenvalue weighted by molar-refractivity contribution is 0.222. The molecule has 0 saturated carbocycles. The Hall–Kier alpha value is -2.53. The van der Waals surface area contributed by atoms with E-state index in [0.29, 0.717) is 23.2 Å². The van der Waals surface area contributed by atoms with E-state index in [9.17, 15) is 4.79 Å². The molecule has 0 radical (unpaired) electrons. The second-order valence-corrected chi connectivity index (χ2v) is 5.16. The number of aromatic nitrogens is 1. The molecule has 1 N–H and O–H groups in total. The predicted octanol–water partition coefficient (Wildman–Crippen LogP) is 4.78. The van der Waals surface area contributed by atoms with E-state index in [-0.39, 0.29) is 5.22 Å². The van der Waals surface area contributed by atoms with Gasteiger partial charge >= 0.3 is 5.30 Å². The lowest BCUT2D eigenvalue weighted by atomic mass is 10.1. The van der Waals surface area contributed by atoms with Crippen molar-refractivity contribution in [2.75, 3.05) is 0 Å². The third-order valence-corrected chi connectivity index (χ3v) is 3.39. The largest absolute Gasteiger partial charge is 0.473 e. The number of hydrogen-bond donors (Lipinski definition) is 1. The molecule has 0 saturated heterocycles. The summed E-state index contributed by atoms with van der Waals surface area (Å²) in [6.45, 7) is 0. The van der Waals surface area contributed by atoms with Crippen molar-refractivity contribution < 1.29 is 14.3 Å². The van der Waals surface area contributed by atoms with Crippen LogP contribution in [0.5, 0.6) is 0 Å². The second-order valence-electron chi connectivity index (χ2n) is 4.26. The highest BCUT2D eigenvalue weighted by molar-refractivity contribution is 8.13. The lowest BCUT2D eigenvalue weighted by Gasteiger charge is -2.00. The number of nitrogens with zero attached hydrogens (tertiary/aromatic N) is 1. The van der Waals surface area contributed by atoms with Crippen LogP contribution in [0.3, 0.4) is 0 Å². The van der Waals surface area contributed by atoms with Gasteiger partial charge in [-0.05, 0) is 0 Å². The van der Waals surface area contributed by atoms with Gasteiger partial charge in [0.2, 0.25) is 0 Å². The zero-order valence-corrected chi connectivity index (χ0v) is 11.7. The zero-order chi connectivity index (χ0) is 14.7. The van der Waals surface area contributed by atoms with Crippen LogP contribution in [0.2, 0.25) is 0 Å². The molecule has 1 heterocycles. The zero-order valence-electron chi connectivity index (χ0n) is 10.9. The molecule has 0 amide bonds. The number of thioether (sulfide) groups is 1. The highest BCUT2D eigenvalue weighted by atomic mass is 32.2. The highest BCUT2D eigenvalue weighted by Crippen LogP contribution is 2.35. The van der Waals surface area contributed by atoms with Gasteiger partial charge in [-0.1, -0.05) is 60.7 Å². The minimum atomic E-state index is -1.05. The van der Waals surface area contributed by atoms with Crippen molar-refractivity contribution in [1.82, 2.24) is 4.98 Å². The Kier molecular flexibility index (Phi) is 3.75. The van der Waals surface area contributed by atoms with Crippen LogP contribution in [0.25, 0.3) is 22.6 Å². The van der Waals surface area contributed by atoms with Gasteiger partial charge in [0.25, 0.3) is 5.22 Å². The fraction of sp³-hybridized carbons (Fsp3) is 0. The fourth-order valence-electron chi connectivity index (χ4n) is 2.00. The van der Waals surface area contributed by atoms with Gasteiger partial charge in [0.15, 0.2) is 5.76 Å². The van der Waals surface area contributed by atoms with Crippen molar-refractivity contribution in [3.05, 3.63) is 60.7 Å². The Bertz CT molecular complexity index is 697. The summed E-state index contributed by atoms with van der Waals surface area (Å²) in [5.41, 5.74) is 2.39. The summed E-state index contributed by atoms with van der Waals surface area (Å²) in [6, 6.07) is 19.1. The molecular formula is C16H11NO3S. The smallest absolute Gasteiger partial charge is 0.374 e. The van der Waals surface area contributed by atoms with Gasteiger partial charge < -0.3 is 9.52 Å². The molecule has 0 aliphatic carbocycles. The molecule has 0 atom stereocenters. The van der Waals surface area contributed by atoms with E-state index >= 15 is 0 Å². The number of hydrogen-bond acceptors (Lipinski definition) is 4. The second kappa shape index (κ2) is 5.85. The van der Waals surface area contributed by atoms with Crippen LogP contribution in [-0.4, -0.2) is 15.4 Å². The Morgan fingerprint density at radius 3 is 2.10 bits per heavy atom. The van der Waals surface area contributed by atoms with Crippen molar-refractivity contribution in [3.8, 4) is 22.6 Å². The molecule has 0 aliphatic rings. The number of oxazole rings is 1. The maximum absolute atomic E-state index is 10.8. The van der Waals surface area contributed by atoms with E-state index in [4.69, 9.17) is 9.52 Å². The van der Waals surface area contributed by atoms with Crippen LogP contribution < -0.4 is 0 Å². The molecular weight excluding hydrogens is 286 g/mol. The third-order valence-electron chi connectivity index (χ3n) is 2.87. The molecule has 5 heteroatoms. The van der Waals surface area contributed by atoms with Crippen molar-refractivity contribution in [3.63, 3.8) is 0 Å². The van der Waals surface area contributed by atoms with E-state index in [0.717, 1.165) is 11.1 Å². The third kappa shape index (κ3) is 2.98. The normalized spacial score (nSPS) is 10.5. The quantitative estimate of drug-likeness (QED) is 0.705. The van der Waals surface area contributed by atoms with Gasteiger partial charge in [-0.2, -0.15) is 0 Å². The Balaban J connectivity index is 2.13. The molecule has 0 unspecified atom stereocenters. The van der Waals surface area contributed by atoms with Crippen LogP contribution in [0, 0.1) is 0 Å². The summed E-state index contributed by atoms with van der Waals surface area (Å²) in [7, 11) is 0. The molecule has 104 valence electrons. The van der Waals surface area contributed by atoms with Crippen LogP contribution in [-0.2, 0) is 0 Å². The molecule has 1 aromatic heterocycles. The SMILES string of the molecule is O=C(O)Sc1nc(-c2ccccc2)c(-c2ccccc2)o1. The molecule has 0 bridgehead atoms. The Labute approximate surface area is 125 Å². The molecule has 3 rings (SSSR count). The van der Waals surface area contributed by atoms with E-state index in [1.54, 1.807) is 0 Å². The first-order valence-electron chi connectivity index (χ1n) is 6.26. The first kappa shape index (κ1) is 13.5. The van der Waals surface area contributed by atoms with Crippen molar-refractivity contribution in [1.29, 1.82) is 0 Å². The monoisotopic (exact) mass is 297 g/mol. The fourth-order valence-corrected chi connectivity index (χ4v) is 2.41. The average Bonchev–Trinajstić information content (AvgIpc) is 2.92. The first-order valence-corrected chi connectivity index (χ1v) is 7.08. The lowest BCUT2D eigenvalue weighted by Crippen LogP contribution is -1.83. The summed E-state index contributed by atoms with van der Waals surface area (Å²) in [5.74, 6) is 0.575. The van der Waals surface area contributed by atoms with Crippen LogP contribution in [0.15, 0.2) is 70.3 Å². The minimum Gasteiger partial charge on any atom is -0.473 e. The van der Waals surface area contributed by atoms with Gasteiger partial charge in [0, 0.05) is 11.1 Å². The van der Waals surface area contributed by atoms with Crippen molar-refractivity contribution in [2.24, 2.45) is 0 Å². The molecule has 0 aliphatic heterocycles. The van der Waals surface area contributed by atoms with E-state index in [2.05, 4.69) is 4.98 Å². The predicted molar refractivity (Wildman–Crippen MR) is 81.3 cm³/mol. The van der Waals surface area contributed by atoms with Crippen LogP contribution in [0.1, 0.15) is 0 Å². The topological polar surface area (TPSA) is 63.3 Å². The van der Waals surface area contributed by atoms with Crippen molar-refractivity contribution in [2.45, 2.75) is 5.22 Å². The molecule has 3 aromatic rings. The van der Waals surface area contributed by atoms with Crippen molar-refractivity contribution >= 4 is 17.1 Å². The summed E-state index contributed by atoms with van der Waals surface area (Å²) in [5, 5.41) is 7.95. The Morgan fingerprint density at radius 2 is 1.52 bits per heavy atom. The van der Waals surface area contributed by atoms with E-state index in [1.165, 1.54) is 0 Å². The first-order chi connectivity index (χ1) is 10.2. The summed E-state index contributed by atoms with van der Waals surface area (Å²) < 4.78 is 5.64. The van der Waals surface area contributed by atoms with Gasteiger partial charge in [-0.15, -0.1) is 0 Å². The molecule has 0 fully saturated rings. The molecule has 0 spiro atoms. The number of rotatable bonds is 3. The summed E-state index contributed by atoms with van der Waals surface area (Å²) >= 11 is 0.562. The number of benzene rings is 2. The van der Waals surface area contributed by atoms with E-state index in [1.807, 2.05) is 60.7 Å². The molecule has 4 nitrogen and oxygen atoms in total. The maximum Gasteiger partial charge on any atom is 0.374 e. The Morgan fingerprint density at radius 1 is 0.952 bits per heavy atom. The average molecular weight is 297 g/mol.